The predicted octanol–water partition coefficient (Wildman–Crippen LogP) is 4.71. The summed E-state index contributed by atoms with van der Waals surface area (Å²) in [6, 6.07) is 6.93. The maximum Gasteiger partial charge on any atom is 0.266 e. The van der Waals surface area contributed by atoms with Crippen LogP contribution in [0.25, 0.3) is 22.4 Å². The number of aromatic nitrogens is 4. The topological polar surface area (TPSA) is 124 Å². The average Bonchev–Trinajstić information content (AvgIpc) is 3.46. The SMILES string of the molecule is CC(Cc1c(F)c(F)cc(F)c1F)Nc1cc[nH]c(=O)c1-c1nc2cc3c(cc2[nH]1)C(=O)N(c1cccnc1)C3=O. The number of aromatic amines is 2. The van der Waals surface area contributed by atoms with Crippen LogP contribution in [-0.4, -0.2) is 37.8 Å². The van der Waals surface area contributed by atoms with E-state index in [9.17, 15) is 31.9 Å². The number of H-pyrrole nitrogens is 2. The summed E-state index contributed by atoms with van der Waals surface area (Å²) in [7, 11) is 0. The molecule has 0 spiro atoms. The van der Waals surface area contributed by atoms with Crippen molar-refractivity contribution in [3.05, 3.63) is 105 Å². The Labute approximate surface area is 227 Å². The Morgan fingerprint density at radius 3 is 2.37 bits per heavy atom. The number of hydrogen-bond acceptors (Lipinski definition) is 6. The van der Waals surface area contributed by atoms with Crippen molar-refractivity contribution >= 4 is 34.2 Å². The third-order valence-corrected chi connectivity index (χ3v) is 6.70. The van der Waals surface area contributed by atoms with Gasteiger partial charge in [0.25, 0.3) is 17.4 Å². The number of anilines is 2. The molecule has 5 aromatic rings. The fourth-order valence-corrected chi connectivity index (χ4v) is 4.84. The first kappa shape index (κ1) is 25.9. The van der Waals surface area contributed by atoms with Crippen LogP contribution in [0.3, 0.4) is 0 Å². The van der Waals surface area contributed by atoms with E-state index in [-0.39, 0.29) is 34.3 Å². The number of imide groups is 1. The van der Waals surface area contributed by atoms with Crippen LogP contribution in [0.4, 0.5) is 28.9 Å². The van der Waals surface area contributed by atoms with E-state index in [1.54, 1.807) is 12.1 Å². The molecule has 1 unspecified atom stereocenters. The molecule has 13 heteroatoms. The molecule has 0 saturated heterocycles. The first-order valence-corrected chi connectivity index (χ1v) is 12.3. The molecule has 2 aromatic carbocycles. The molecule has 1 atom stereocenters. The second kappa shape index (κ2) is 9.70. The summed E-state index contributed by atoms with van der Waals surface area (Å²) in [6.07, 6.45) is 3.81. The normalized spacial score (nSPS) is 13.6. The number of rotatable bonds is 6. The Morgan fingerprint density at radius 2 is 1.68 bits per heavy atom. The Balaban J connectivity index is 1.34. The number of nitrogens with zero attached hydrogens (tertiary/aromatic N) is 3. The molecular weight excluding hydrogens is 544 g/mol. The molecule has 2 amide bonds. The van der Waals surface area contributed by atoms with Crippen molar-refractivity contribution in [3.63, 3.8) is 0 Å². The van der Waals surface area contributed by atoms with Gasteiger partial charge in [-0.1, -0.05) is 0 Å². The lowest BCUT2D eigenvalue weighted by atomic mass is 10.0. The summed E-state index contributed by atoms with van der Waals surface area (Å²) in [6.45, 7) is 1.51. The second-order valence-electron chi connectivity index (χ2n) is 9.45. The van der Waals surface area contributed by atoms with E-state index in [1.165, 1.54) is 43.7 Å². The minimum atomic E-state index is -1.52. The van der Waals surface area contributed by atoms with Crippen LogP contribution in [0.1, 0.15) is 33.2 Å². The van der Waals surface area contributed by atoms with Gasteiger partial charge in [-0.15, -0.1) is 0 Å². The third kappa shape index (κ3) is 4.31. The van der Waals surface area contributed by atoms with Crippen LogP contribution in [0, 0.1) is 23.3 Å². The Hall–Kier alpha value is -5.33. The summed E-state index contributed by atoms with van der Waals surface area (Å²) in [4.78, 5) is 53.9. The van der Waals surface area contributed by atoms with Crippen LogP contribution in [-0.2, 0) is 6.42 Å². The van der Waals surface area contributed by atoms with E-state index in [0.717, 1.165) is 4.90 Å². The molecule has 0 saturated carbocycles. The minimum Gasteiger partial charge on any atom is -0.381 e. The standard InChI is InChI=1S/C28H18F4N6O3/c1-12(7-16-23(31)17(29)10-18(30)24(16)32)35-19-4-6-34-26(39)22(19)25-36-20-8-14-15(9-21(20)37-25)28(41)38(27(14)40)13-3-2-5-33-11-13/h2-6,8-12H,7H2,1H3,(H,36,37)(H2,34,35,39). The summed E-state index contributed by atoms with van der Waals surface area (Å²) >= 11 is 0. The van der Waals surface area contributed by atoms with Crippen LogP contribution < -0.4 is 15.8 Å². The first-order chi connectivity index (χ1) is 19.6. The van der Waals surface area contributed by atoms with Crippen molar-refractivity contribution in [2.24, 2.45) is 0 Å². The minimum absolute atomic E-state index is 0.0247. The van der Waals surface area contributed by atoms with Crippen LogP contribution in [0.15, 0.2) is 59.8 Å². The molecule has 6 rings (SSSR count). The maximum atomic E-state index is 14.2. The number of benzene rings is 2. The van der Waals surface area contributed by atoms with Crippen molar-refractivity contribution < 1.29 is 27.2 Å². The van der Waals surface area contributed by atoms with Gasteiger partial charge in [0.15, 0.2) is 23.3 Å². The van der Waals surface area contributed by atoms with Gasteiger partial charge in [-0.2, -0.15) is 0 Å². The highest BCUT2D eigenvalue weighted by Crippen LogP contribution is 2.32. The average molecular weight is 562 g/mol. The van der Waals surface area contributed by atoms with Crippen molar-refractivity contribution in [2.45, 2.75) is 19.4 Å². The summed E-state index contributed by atoms with van der Waals surface area (Å²) in [5, 5.41) is 2.94. The largest absolute Gasteiger partial charge is 0.381 e. The predicted molar refractivity (Wildman–Crippen MR) is 141 cm³/mol. The fourth-order valence-electron chi connectivity index (χ4n) is 4.84. The number of hydrogen-bond donors (Lipinski definition) is 3. The highest BCUT2D eigenvalue weighted by Gasteiger charge is 2.37. The van der Waals surface area contributed by atoms with Gasteiger partial charge in [0, 0.05) is 30.1 Å². The number of amides is 2. The Bertz CT molecular complexity index is 1860. The smallest absolute Gasteiger partial charge is 0.266 e. The molecule has 3 N–H and O–H groups in total. The van der Waals surface area contributed by atoms with Gasteiger partial charge >= 0.3 is 0 Å². The number of pyridine rings is 2. The van der Waals surface area contributed by atoms with Crippen LogP contribution in [0.2, 0.25) is 0 Å². The van der Waals surface area contributed by atoms with E-state index in [0.29, 0.717) is 16.7 Å². The summed E-state index contributed by atoms with van der Waals surface area (Å²) < 4.78 is 55.8. The van der Waals surface area contributed by atoms with Crippen LogP contribution in [0.5, 0.6) is 0 Å². The number of imidazole rings is 1. The maximum absolute atomic E-state index is 14.2. The van der Waals surface area contributed by atoms with E-state index >= 15 is 0 Å². The lowest BCUT2D eigenvalue weighted by Gasteiger charge is -2.18. The number of fused-ring (bicyclic) bond motifs is 2. The fraction of sp³-hybridized carbons (Fsp3) is 0.107. The molecule has 41 heavy (non-hydrogen) atoms. The van der Waals surface area contributed by atoms with E-state index in [2.05, 4.69) is 25.3 Å². The zero-order valence-corrected chi connectivity index (χ0v) is 21.1. The van der Waals surface area contributed by atoms with Gasteiger partial charge in [-0.05, 0) is 43.7 Å². The van der Waals surface area contributed by atoms with Gasteiger partial charge in [0.05, 0.1) is 39.7 Å². The van der Waals surface area contributed by atoms with Gasteiger partial charge in [-0.3, -0.25) is 19.4 Å². The molecule has 3 aromatic heterocycles. The molecule has 4 heterocycles. The highest BCUT2D eigenvalue weighted by molar-refractivity contribution is 6.35. The monoisotopic (exact) mass is 562 g/mol. The molecule has 1 aliphatic rings. The third-order valence-electron chi connectivity index (χ3n) is 6.70. The van der Waals surface area contributed by atoms with E-state index in [4.69, 9.17) is 0 Å². The zero-order chi connectivity index (χ0) is 29.0. The second-order valence-corrected chi connectivity index (χ2v) is 9.45. The first-order valence-electron chi connectivity index (χ1n) is 12.3. The Morgan fingerprint density at radius 1 is 0.976 bits per heavy atom. The van der Waals surface area contributed by atoms with Gasteiger partial charge in [0.2, 0.25) is 0 Å². The van der Waals surface area contributed by atoms with Crippen LogP contribution >= 0.6 is 0 Å². The lowest BCUT2D eigenvalue weighted by Crippen LogP contribution is -2.29. The quantitative estimate of drug-likeness (QED) is 0.156. The molecule has 0 aliphatic carbocycles. The molecule has 206 valence electrons. The summed E-state index contributed by atoms with van der Waals surface area (Å²) in [5.41, 5.74) is 0.143. The van der Waals surface area contributed by atoms with Crippen molar-refractivity contribution in [1.29, 1.82) is 0 Å². The number of carbonyl (C=O) groups is 2. The molecule has 1 aliphatic heterocycles. The van der Waals surface area contributed by atoms with E-state index in [1.807, 2.05) is 0 Å². The number of carbonyl (C=O) groups excluding carboxylic acids is 2. The summed E-state index contributed by atoms with van der Waals surface area (Å²) in [5.74, 6) is -7.04. The van der Waals surface area contributed by atoms with Gasteiger partial charge < -0.3 is 15.3 Å². The molecule has 0 fully saturated rings. The Kier molecular flexibility index (Phi) is 6.13. The molecule has 9 nitrogen and oxygen atoms in total. The van der Waals surface area contributed by atoms with Crippen molar-refractivity contribution in [1.82, 2.24) is 19.9 Å². The highest BCUT2D eigenvalue weighted by atomic mass is 19.2. The van der Waals surface area contributed by atoms with Crippen molar-refractivity contribution in [2.75, 3.05) is 10.2 Å². The molecule has 0 radical (unpaired) electrons. The van der Waals surface area contributed by atoms with Crippen molar-refractivity contribution in [3.8, 4) is 11.4 Å². The number of halogens is 4. The van der Waals surface area contributed by atoms with Gasteiger partial charge in [0.1, 0.15) is 11.4 Å². The number of nitrogens with one attached hydrogen (secondary N) is 3. The zero-order valence-electron chi connectivity index (χ0n) is 21.1. The van der Waals surface area contributed by atoms with Gasteiger partial charge in [-0.25, -0.2) is 27.4 Å². The van der Waals surface area contributed by atoms with E-state index < -0.39 is 58.7 Å². The molecular formula is C28H18F4N6O3. The lowest BCUT2D eigenvalue weighted by molar-refractivity contribution is 0.0926. The molecule has 0 bridgehead atoms.